The summed E-state index contributed by atoms with van der Waals surface area (Å²) in [4.78, 5) is 4.81. The van der Waals surface area contributed by atoms with Crippen molar-refractivity contribution in [2.45, 2.75) is 25.6 Å². The van der Waals surface area contributed by atoms with Crippen molar-refractivity contribution in [2.75, 3.05) is 33.4 Å². The summed E-state index contributed by atoms with van der Waals surface area (Å²) in [6, 6.07) is 15.1. The number of piperazine rings is 1. The summed E-state index contributed by atoms with van der Waals surface area (Å²) in [5, 5.41) is 9.48. The second kappa shape index (κ2) is 9.12. The number of hydrogen-bond acceptors (Lipinski definition) is 4. The molecule has 1 fully saturated rings. The molecule has 0 aliphatic carbocycles. The van der Waals surface area contributed by atoms with Gasteiger partial charge in [0.1, 0.15) is 11.6 Å². The second-order valence-electron chi connectivity index (χ2n) is 6.81. The van der Waals surface area contributed by atoms with Gasteiger partial charge in [-0.05, 0) is 30.2 Å². The first-order chi connectivity index (χ1) is 12.7. The third-order valence-corrected chi connectivity index (χ3v) is 5.04. The van der Waals surface area contributed by atoms with Crippen molar-refractivity contribution < 1.29 is 14.2 Å². The van der Waals surface area contributed by atoms with E-state index in [1.807, 2.05) is 30.3 Å². The number of methoxy groups -OCH3 is 1. The number of para-hydroxylation sites is 1. The van der Waals surface area contributed by atoms with Gasteiger partial charge in [0.15, 0.2) is 0 Å². The Hall–Kier alpha value is -1.95. The lowest BCUT2D eigenvalue weighted by Crippen LogP contribution is -2.52. The minimum absolute atomic E-state index is 0.174. The topological polar surface area (TPSA) is 35.9 Å². The molecule has 4 nitrogen and oxygen atoms in total. The van der Waals surface area contributed by atoms with E-state index in [0.29, 0.717) is 0 Å². The Morgan fingerprint density at radius 2 is 1.85 bits per heavy atom. The first-order valence-electron chi connectivity index (χ1n) is 9.13. The van der Waals surface area contributed by atoms with Crippen molar-refractivity contribution >= 4 is 0 Å². The van der Waals surface area contributed by atoms with Crippen molar-refractivity contribution in [2.24, 2.45) is 0 Å². The van der Waals surface area contributed by atoms with Crippen LogP contribution in [0.15, 0.2) is 48.5 Å². The molecule has 0 radical (unpaired) electrons. The average Bonchev–Trinajstić information content (AvgIpc) is 2.66. The maximum Gasteiger partial charge on any atom is 0.123 e. The summed E-state index contributed by atoms with van der Waals surface area (Å²) in [7, 11) is 1.70. The number of benzene rings is 2. The molecule has 0 amide bonds. The normalized spacial score (nSPS) is 18.8. The molecule has 2 aromatic rings. The number of aliphatic hydroxyl groups is 1. The minimum atomic E-state index is -0.206. The smallest absolute Gasteiger partial charge is 0.123 e. The van der Waals surface area contributed by atoms with Crippen LogP contribution in [0.4, 0.5) is 4.39 Å². The van der Waals surface area contributed by atoms with Crippen LogP contribution in [0, 0.1) is 5.82 Å². The molecule has 0 spiro atoms. The van der Waals surface area contributed by atoms with E-state index in [4.69, 9.17) is 4.74 Å². The van der Waals surface area contributed by atoms with Gasteiger partial charge in [-0.3, -0.25) is 9.80 Å². The van der Waals surface area contributed by atoms with E-state index in [2.05, 4.69) is 15.9 Å². The highest BCUT2D eigenvalue weighted by Crippen LogP contribution is 2.23. The van der Waals surface area contributed by atoms with E-state index < -0.39 is 0 Å². The largest absolute Gasteiger partial charge is 0.496 e. The lowest BCUT2D eigenvalue weighted by atomic mass is 10.1. The molecule has 26 heavy (non-hydrogen) atoms. The van der Waals surface area contributed by atoms with Gasteiger partial charge in [-0.15, -0.1) is 0 Å². The average molecular weight is 358 g/mol. The third kappa shape index (κ3) is 4.81. The fraction of sp³-hybridized carbons (Fsp3) is 0.429. The van der Waals surface area contributed by atoms with Gasteiger partial charge in [0.25, 0.3) is 0 Å². The van der Waals surface area contributed by atoms with Gasteiger partial charge in [-0.2, -0.15) is 0 Å². The van der Waals surface area contributed by atoms with Crippen LogP contribution < -0.4 is 4.74 Å². The molecule has 1 heterocycles. The van der Waals surface area contributed by atoms with E-state index in [1.54, 1.807) is 7.11 Å². The van der Waals surface area contributed by atoms with Crippen molar-refractivity contribution in [1.82, 2.24) is 9.80 Å². The molecule has 1 atom stereocenters. The quantitative estimate of drug-likeness (QED) is 0.826. The SMILES string of the molecule is COc1ccccc1CN1CCN(Cc2ccc(F)cc2)[C@H](CCO)C1. The van der Waals surface area contributed by atoms with Crippen molar-refractivity contribution in [3.05, 3.63) is 65.5 Å². The summed E-state index contributed by atoms with van der Waals surface area (Å²) in [5.41, 5.74) is 2.29. The van der Waals surface area contributed by atoms with Crippen LogP contribution >= 0.6 is 0 Å². The highest BCUT2D eigenvalue weighted by atomic mass is 19.1. The Morgan fingerprint density at radius 1 is 1.08 bits per heavy atom. The number of hydrogen-bond donors (Lipinski definition) is 1. The maximum atomic E-state index is 13.1. The first-order valence-corrected chi connectivity index (χ1v) is 9.13. The number of ether oxygens (including phenoxy) is 1. The zero-order chi connectivity index (χ0) is 18.4. The molecular weight excluding hydrogens is 331 g/mol. The van der Waals surface area contributed by atoms with Crippen molar-refractivity contribution in [1.29, 1.82) is 0 Å². The predicted octanol–water partition coefficient (Wildman–Crippen LogP) is 2.90. The van der Waals surface area contributed by atoms with Gasteiger partial charge < -0.3 is 9.84 Å². The number of nitrogens with zero attached hydrogens (tertiary/aromatic N) is 2. The molecule has 1 aliphatic heterocycles. The van der Waals surface area contributed by atoms with Crippen LogP contribution in [0.3, 0.4) is 0 Å². The van der Waals surface area contributed by atoms with E-state index in [0.717, 1.165) is 50.5 Å². The van der Waals surface area contributed by atoms with Gasteiger partial charge in [0.05, 0.1) is 7.11 Å². The van der Waals surface area contributed by atoms with Crippen LogP contribution in [0.25, 0.3) is 0 Å². The summed E-state index contributed by atoms with van der Waals surface area (Å²) in [6.07, 6.45) is 0.740. The van der Waals surface area contributed by atoms with Crippen LogP contribution in [0.5, 0.6) is 5.75 Å². The van der Waals surface area contributed by atoms with Crippen LogP contribution in [0.2, 0.25) is 0 Å². The lowest BCUT2D eigenvalue weighted by Gasteiger charge is -2.41. The summed E-state index contributed by atoms with van der Waals surface area (Å²) < 4.78 is 18.6. The zero-order valence-corrected chi connectivity index (χ0v) is 15.3. The fourth-order valence-electron chi connectivity index (χ4n) is 3.63. The molecule has 1 N–H and O–H groups in total. The Balaban J connectivity index is 1.64. The molecule has 0 bridgehead atoms. The predicted molar refractivity (Wildman–Crippen MR) is 101 cm³/mol. The molecule has 1 aliphatic rings. The standard InChI is InChI=1S/C21H27FN2O2/c1-26-21-5-3-2-4-18(21)15-23-11-12-24(20(16-23)10-13-25)14-17-6-8-19(22)9-7-17/h2-9,20,25H,10-16H2,1H3/t20-/m1/s1. The van der Waals surface area contributed by atoms with Crippen molar-refractivity contribution in [3.63, 3.8) is 0 Å². The number of rotatable bonds is 7. The highest BCUT2D eigenvalue weighted by Gasteiger charge is 2.27. The summed E-state index contributed by atoms with van der Waals surface area (Å²) in [5.74, 6) is 0.710. The van der Waals surface area contributed by atoms with E-state index >= 15 is 0 Å². The molecule has 3 rings (SSSR count). The molecule has 5 heteroatoms. The Kier molecular flexibility index (Phi) is 6.61. The minimum Gasteiger partial charge on any atom is -0.496 e. The molecular formula is C21H27FN2O2. The highest BCUT2D eigenvalue weighted by molar-refractivity contribution is 5.33. The number of halogens is 1. The van der Waals surface area contributed by atoms with Gasteiger partial charge >= 0.3 is 0 Å². The van der Waals surface area contributed by atoms with Gasteiger partial charge in [-0.25, -0.2) is 4.39 Å². The van der Waals surface area contributed by atoms with Crippen molar-refractivity contribution in [3.8, 4) is 5.75 Å². The molecule has 140 valence electrons. The molecule has 0 saturated carbocycles. The third-order valence-electron chi connectivity index (χ3n) is 5.04. The Bertz CT molecular complexity index is 693. The van der Waals surface area contributed by atoms with Gasteiger partial charge in [-0.1, -0.05) is 30.3 Å². The fourth-order valence-corrected chi connectivity index (χ4v) is 3.63. The van der Waals surface area contributed by atoms with E-state index in [9.17, 15) is 9.50 Å². The van der Waals surface area contributed by atoms with E-state index in [-0.39, 0.29) is 18.5 Å². The Morgan fingerprint density at radius 3 is 2.58 bits per heavy atom. The van der Waals surface area contributed by atoms with Gasteiger partial charge in [0, 0.05) is 50.9 Å². The zero-order valence-electron chi connectivity index (χ0n) is 15.3. The Labute approximate surface area is 154 Å². The molecule has 0 unspecified atom stereocenters. The molecule has 0 aromatic heterocycles. The maximum absolute atomic E-state index is 13.1. The van der Waals surface area contributed by atoms with Crippen LogP contribution in [0.1, 0.15) is 17.5 Å². The first kappa shape index (κ1) is 18.8. The summed E-state index contributed by atoms with van der Waals surface area (Å²) >= 11 is 0. The summed E-state index contributed by atoms with van der Waals surface area (Å²) in [6.45, 7) is 4.59. The lowest BCUT2D eigenvalue weighted by molar-refractivity contribution is 0.0496. The van der Waals surface area contributed by atoms with Crippen LogP contribution in [-0.4, -0.2) is 54.3 Å². The van der Waals surface area contributed by atoms with Crippen LogP contribution in [-0.2, 0) is 13.1 Å². The van der Waals surface area contributed by atoms with Gasteiger partial charge in [0.2, 0.25) is 0 Å². The second-order valence-corrected chi connectivity index (χ2v) is 6.81. The molecule has 2 aromatic carbocycles. The monoisotopic (exact) mass is 358 g/mol. The molecule has 1 saturated heterocycles. The number of aliphatic hydroxyl groups excluding tert-OH is 1. The van der Waals surface area contributed by atoms with E-state index in [1.165, 1.54) is 17.7 Å².